The third kappa shape index (κ3) is 6.51. The average molecular weight is 515 g/mol. The van der Waals surface area contributed by atoms with E-state index in [4.69, 9.17) is 18.9 Å². The van der Waals surface area contributed by atoms with Crippen LogP contribution in [0.15, 0.2) is 35.7 Å². The van der Waals surface area contributed by atoms with E-state index < -0.39 is 29.2 Å². The Morgan fingerprint density at radius 1 is 0.971 bits per heavy atom. The predicted molar refractivity (Wildman–Crippen MR) is 126 cm³/mol. The molecule has 0 bridgehead atoms. The van der Waals surface area contributed by atoms with Gasteiger partial charge in [0.2, 0.25) is 5.91 Å². The molecule has 0 aromatic heterocycles. The summed E-state index contributed by atoms with van der Waals surface area (Å²) in [5.41, 5.74) is 0.293. The molecular weight excluding hydrogens is 489 g/mol. The molecular formula is C21H26NO10PS. The lowest BCUT2D eigenvalue weighted by Gasteiger charge is -2.24. The van der Waals surface area contributed by atoms with E-state index in [0.29, 0.717) is 22.8 Å². The molecule has 0 fully saturated rings. The van der Waals surface area contributed by atoms with Crippen LogP contribution in [0.2, 0.25) is 0 Å². The molecule has 0 saturated heterocycles. The van der Waals surface area contributed by atoms with Gasteiger partial charge < -0.3 is 28.7 Å². The number of carbonyl (C=O) groups is 1. The number of hydrogen-bond donors (Lipinski definition) is 2. The zero-order chi connectivity index (χ0) is 25.7. The number of carbonyl (C=O) groups excluding carboxylic acids is 1. The van der Waals surface area contributed by atoms with Crippen molar-refractivity contribution in [2.24, 2.45) is 0 Å². The molecule has 186 valence electrons. The van der Waals surface area contributed by atoms with Crippen molar-refractivity contribution in [3.63, 3.8) is 0 Å². The summed E-state index contributed by atoms with van der Waals surface area (Å²) in [7, 11) is -3.36. The van der Waals surface area contributed by atoms with E-state index in [1.807, 2.05) is 0 Å². The van der Waals surface area contributed by atoms with Crippen LogP contribution >= 0.6 is 7.75 Å². The number of nitrogens with zero attached hydrogens (tertiary/aromatic N) is 1. The molecule has 0 saturated carbocycles. The van der Waals surface area contributed by atoms with Crippen LogP contribution in [0.5, 0.6) is 23.0 Å². The number of ether oxygens (including phenoxy) is 4. The lowest BCUT2D eigenvalue weighted by Crippen LogP contribution is -2.25. The third-order valence-electron chi connectivity index (χ3n) is 4.59. The van der Waals surface area contributed by atoms with E-state index in [2.05, 4.69) is 0 Å². The summed E-state index contributed by atoms with van der Waals surface area (Å²) in [6.45, 7) is 0.973. The van der Waals surface area contributed by atoms with Gasteiger partial charge in [0.05, 0.1) is 45.4 Å². The molecule has 34 heavy (non-hydrogen) atoms. The molecule has 2 rings (SSSR count). The Morgan fingerprint density at radius 3 is 1.97 bits per heavy atom. The van der Waals surface area contributed by atoms with Crippen LogP contribution in [0.4, 0.5) is 5.69 Å². The van der Waals surface area contributed by atoms with E-state index in [-0.39, 0.29) is 21.7 Å². The van der Waals surface area contributed by atoms with Crippen molar-refractivity contribution in [2.75, 3.05) is 33.1 Å². The van der Waals surface area contributed by atoms with Crippen LogP contribution < -0.4 is 23.6 Å². The first kappa shape index (κ1) is 27.2. The summed E-state index contributed by atoms with van der Waals surface area (Å²) < 4.78 is 58.6. The first-order chi connectivity index (χ1) is 15.9. The normalized spacial score (nSPS) is 11.9. The van der Waals surface area contributed by atoms with Gasteiger partial charge >= 0.3 is 7.75 Å². The molecule has 0 aliphatic rings. The summed E-state index contributed by atoms with van der Waals surface area (Å²) in [6, 6.07) is 7.07. The second-order valence-electron chi connectivity index (χ2n) is 6.91. The lowest BCUT2D eigenvalue weighted by atomic mass is 10.1. The van der Waals surface area contributed by atoms with Crippen molar-refractivity contribution < 1.29 is 46.5 Å². The van der Waals surface area contributed by atoms with Crippen LogP contribution in [0.3, 0.4) is 0 Å². The van der Waals surface area contributed by atoms with Gasteiger partial charge in [0.25, 0.3) is 0 Å². The molecule has 0 atom stereocenters. The van der Waals surface area contributed by atoms with Crippen molar-refractivity contribution in [1.29, 1.82) is 0 Å². The Morgan fingerprint density at radius 2 is 1.53 bits per heavy atom. The first-order valence-electron chi connectivity index (χ1n) is 9.61. The highest BCUT2D eigenvalue weighted by Crippen LogP contribution is 2.47. The molecule has 11 nitrogen and oxygen atoms in total. The van der Waals surface area contributed by atoms with Gasteiger partial charge in [-0.2, -0.15) is 0 Å². The molecule has 0 spiro atoms. The second kappa shape index (κ2) is 10.9. The summed E-state index contributed by atoms with van der Waals surface area (Å²) in [4.78, 5) is 31.1. The summed E-state index contributed by atoms with van der Waals surface area (Å²) in [6.07, 6.45) is 1.31. The number of amides is 1. The monoisotopic (exact) mass is 515 g/mol. The molecule has 2 aromatic carbocycles. The molecule has 2 aromatic rings. The Labute approximate surface area is 197 Å². The molecule has 2 N–H and O–H groups in total. The highest BCUT2D eigenvalue weighted by atomic mass is 32.2. The predicted octanol–water partition coefficient (Wildman–Crippen LogP) is 2.75. The highest BCUT2D eigenvalue weighted by molar-refractivity contribution is 7.93. The van der Waals surface area contributed by atoms with Gasteiger partial charge in [0.15, 0.2) is 9.84 Å². The minimum atomic E-state index is -5.04. The number of sulfone groups is 1. The van der Waals surface area contributed by atoms with E-state index in [0.717, 1.165) is 12.3 Å². The summed E-state index contributed by atoms with van der Waals surface area (Å²) in [5, 5.41) is 0.968. The van der Waals surface area contributed by atoms with Gasteiger partial charge in [-0.1, -0.05) is 6.07 Å². The molecule has 0 heterocycles. The number of rotatable bonds is 10. The van der Waals surface area contributed by atoms with E-state index in [1.165, 1.54) is 52.7 Å². The maximum Gasteiger partial charge on any atom is 0.436 e. The van der Waals surface area contributed by atoms with Crippen LogP contribution in [-0.2, 0) is 24.9 Å². The topological polar surface area (TPSA) is 149 Å². The summed E-state index contributed by atoms with van der Waals surface area (Å²) in [5.74, 6) is -0.359. The minimum absolute atomic E-state index is 0.0112. The zero-order valence-electron chi connectivity index (χ0n) is 19.2. The van der Waals surface area contributed by atoms with Crippen LogP contribution in [0.25, 0.3) is 6.08 Å². The van der Waals surface area contributed by atoms with Gasteiger partial charge in [0.1, 0.15) is 23.0 Å². The Hall–Kier alpha value is -3.05. The first-order valence-corrected chi connectivity index (χ1v) is 12.9. The molecule has 0 aliphatic carbocycles. The van der Waals surface area contributed by atoms with Crippen molar-refractivity contribution in [2.45, 2.75) is 12.7 Å². The van der Waals surface area contributed by atoms with Crippen LogP contribution in [0.1, 0.15) is 18.1 Å². The number of hydrogen-bond acceptors (Lipinski definition) is 8. The number of methoxy groups -OCH3 is 4. The molecule has 0 radical (unpaired) electrons. The molecule has 13 heteroatoms. The quantitative estimate of drug-likeness (QED) is 0.452. The van der Waals surface area contributed by atoms with Crippen molar-refractivity contribution >= 4 is 35.3 Å². The second-order valence-corrected chi connectivity index (χ2v) is 10.2. The van der Waals surface area contributed by atoms with Gasteiger partial charge in [-0.3, -0.25) is 4.79 Å². The average Bonchev–Trinajstić information content (AvgIpc) is 2.75. The Balaban J connectivity index is 2.46. The summed E-state index contributed by atoms with van der Waals surface area (Å²) >= 11 is 0. The Kier molecular flexibility index (Phi) is 8.73. The van der Waals surface area contributed by atoms with E-state index >= 15 is 0 Å². The van der Waals surface area contributed by atoms with Crippen molar-refractivity contribution in [3.05, 3.63) is 46.9 Å². The SMILES string of the molecule is COc1cc(OC)c(C=CS(=O)(=O)Cc2ccc(OC)c(N(C(C)=O)P(=O)(O)O)c2)c(OC)c1. The molecule has 0 aliphatic heterocycles. The lowest BCUT2D eigenvalue weighted by molar-refractivity contribution is -0.115. The van der Waals surface area contributed by atoms with E-state index in [1.54, 1.807) is 12.1 Å². The molecule has 0 unspecified atom stereocenters. The van der Waals surface area contributed by atoms with Crippen LogP contribution in [0, 0.1) is 0 Å². The highest BCUT2D eigenvalue weighted by Gasteiger charge is 2.32. The van der Waals surface area contributed by atoms with E-state index in [9.17, 15) is 27.6 Å². The van der Waals surface area contributed by atoms with Gasteiger partial charge in [-0.05, 0) is 23.8 Å². The fraction of sp³-hybridized carbons (Fsp3) is 0.286. The largest absolute Gasteiger partial charge is 0.496 e. The third-order valence-corrected chi connectivity index (χ3v) is 6.90. The smallest absolute Gasteiger partial charge is 0.436 e. The maximum atomic E-state index is 12.8. The number of benzene rings is 2. The van der Waals surface area contributed by atoms with Gasteiger partial charge in [-0.25, -0.2) is 17.7 Å². The number of anilines is 1. The van der Waals surface area contributed by atoms with Crippen LogP contribution in [-0.4, -0.2) is 52.6 Å². The van der Waals surface area contributed by atoms with Crippen molar-refractivity contribution in [1.82, 2.24) is 0 Å². The minimum Gasteiger partial charge on any atom is -0.496 e. The van der Waals surface area contributed by atoms with Crippen molar-refractivity contribution in [3.8, 4) is 23.0 Å². The standard InChI is InChI=1S/C21H26NO10PS/c1-14(23)22(33(24,25)26)18-10-15(6-7-19(18)30-3)13-34(27,28)9-8-17-20(31-4)11-16(29-2)12-21(17)32-5/h6-12H,13H2,1-5H3,(H2,24,25,26). The van der Waals surface area contributed by atoms with Gasteiger partial charge in [-0.15, -0.1) is 0 Å². The maximum absolute atomic E-state index is 12.8. The zero-order valence-corrected chi connectivity index (χ0v) is 20.9. The van der Waals surface area contributed by atoms with Gasteiger partial charge in [0, 0.05) is 24.5 Å². The Bertz CT molecular complexity index is 1210. The molecule has 1 amide bonds. The fourth-order valence-corrected chi connectivity index (χ4v) is 5.02. The fourth-order valence-electron chi connectivity index (χ4n) is 3.13.